The second-order valence-corrected chi connectivity index (χ2v) is 30.5. The summed E-state index contributed by atoms with van der Waals surface area (Å²) in [6, 6.07) is 2.23. The lowest BCUT2D eigenvalue weighted by Crippen LogP contribution is -2.54. The fraction of sp³-hybridized carbons (Fsp3) is 0.793. The van der Waals surface area contributed by atoms with E-state index in [9.17, 15) is 5.26 Å². The molecule has 2 aromatic rings. The van der Waals surface area contributed by atoms with E-state index >= 15 is 0 Å². The Bertz CT molecular complexity index is 1320. The van der Waals surface area contributed by atoms with Crippen molar-refractivity contribution in [2.24, 2.45) is 0 Å². The molecular weight excluding hydrogens is 581 g/mol. The van der Waals surface area contributed by atoms with Crippen LogP contribution >= 0.6 is 0 Å². The first kappa shape index (κ1) is 34.8. The molecule has 0 amide bonds. The largest absolute Gasteiger partial charge is 0.414 e. The van der Waals surface area contributed by atoms with Gasteiger partial charge in [-0.3, -0.25) is 4.57 Å². The lowest BCUT2D eigenvalue weighted by atomic mass is 10.1. The molecular formula is C29H54N6O4Si3. The summed E-state index contributed by atoms with van der Waals surface area (Å²) < 4.78 is 29.8. The maximum Gasteiger partial charge on any atom is 0.217 e. The molecule has 42 heavy (non-hydrogen) atoms. The van der Waals surface area contributed by atoms with Crippen molar-refractivity contribution >= 4 is 41.9 Å². The van der Waals surface area contributed by atoms with Gasteiger partial charge in [-0.2, -0.15) is 5.26 Å². The van der Waals surface area contributed by atoms with Gasteiger partial charge in [0.15, 0.2) is 48.2 Å². The van der Waals surface area contributed by atoms with Crippen LogP contribution in [-0.4, -0.2) is 69.4 Å². The molecule has 1 fully saturated rings. The first-order valence-electron chi connectivity index (χ1n) is 14.9. The zero-order valence-corrected chi connectivity index (χ0v) is 31.5. The van der Waals surface area contributed by atoms with E-state index in [4.69, 9.17) is 23.7 Å². The first-order valence-corrected chi connectivity index (χ1v) is 23.6. The summed E-state index contributed by atoms with van der Waals surface area (Å²) in [5.74, 6) is 0.352. The van der Waals surface area contributed by atoms with Gasteiger partial charge in [-0.1, -0.05) is 62.3 Å². The van der Waals surface area contributed by atoms with Crippen LogP contribution in [0.1, 0.15) is 74.4 Å². The van der Waals surface area contributed by atoms with Crippen LogP contribution in [0.4, 0.5) is 5.82 Å². The molecule has 4 atom stereocenters. The Morgan fingerprint density at radius 2 is 1.36 bits per heavy atom. The smallest absolute Gasteiger partial charge is 0.217 e. The van der Waals surface area contributed by atoms with Crippen molar-refractivity contribution in [3.8, 4) is 6.07 Å². The third-order valence-corrected chi connectivity index (χ3v) is 23.5. The minimum absolute atomic E-state index is 0.0286. The second-order valence-electron chi connectivity index (χ2n) is 16.2. The highest BCUT2D eigenvalue weighted by atomic mass is 28.4. The highest BCUT2D eigenvalue weighted by molar-refractivity contribution is 6.75. The maximum atomic E-state index is 10.2. The third-order valence-electron chi connectivity index (χ3n) is 10.0. The van der Waals surface area contributed by atoms with Gasteiger partial charge in [-0.05, 0) is 54.4 Å². The molecule has 2 aromatic heterocycles. The highest BCUT2D eigenvalue weighted by Crippen LogP contribution is 2.47. The van der Waals surface area contributed by atoms with Gasteiger partial charge < -0.3 is 23.7 Å². The summed E-state index contributed by atoms with van der Waals surface area (Å²) in [5, 5.41) is 10.1. The van der Waals surface area contributed by atoms with E-state index in [1.807, 2.05) is 0 Å². The average Bonchev–Trinajstić information content (AvgIpc) is 3.34. The van der Waals surface area contributed by atoms with Crippen molar-refractivity contribution in [1.29, 1.82) is 5.26 Å². The topological polar surface area (TPSA) is 130 Å². The molecule has 0 bridgehead atoms. The molecule has 3 rings (SSSR count). The van der Waals surface area contributed by atoms with Crippen LogP contribution in [0.15, 0.2) is 6.33 Å². The molecule has 3 heterocycles. The fourth-order valence-electron chi connectivity index (χ4n) is 4.10. The Hall–Kier alpha value is -1.67. The van der Waals surface area contributed by atoms with Crippen LogP contribution < -0.4 is 5.73 Å². The van der Waals surface area contributed by atoms with Crippen LogP contribution in [0.25, 0.3) is 11.2 Å². The molecule has 0 aromatic carbocycles. The van der Waals surface area contributed by atoms with Gasteiger partial charge in [-0.15, -0.1) is 0 Å². The number of hydrogen-bond donors (Lipinski definition) is 1. The Balaban J connectivity index is 2.24. The van der Waals surface area contributed by atoms with Gasteiger partial charge in [0.05, 0.1) is 6.61 Å². The molecule has 10 nitrogen and oxygen atoms in total. The number of fused-ring (bicyclic) bond motifs is 1. The number of aromatic nitrogens is 4. The number of anilines is 1. The van der Waals surface area contributed by atoms with E-state index in [0.717, 1.165) is 0 Å². The predicted octanol–water partition coefficient (Wildman–Crippen LogP) is 6.98. The lowest BCUT2D eigenvalue weighted by Gasteiger charge is -2.44. The summed E-state index contributed by atoms with van der Waals surface area (Å²) in [5.41, 5.74) is 6.97. The number of hydrogen-bond acceptors (Lipinski definition) is 9. The quantitative estimate of drug-likeness (QED) is 0.306. The van der Waals surface area contributed by atoms with Crippen molar-refractivity contribution in [2.75, 3.05) is 12.3 Å². The van der Waals surface area contributed by atoms with Crippen LogP contribution in [0.2, 0.25) is 54.4 Å². The molecule has 236 valence electrons. The average molecular weight is 635 g/mol. The van der Waals surface area contributed by atoms with Crippen molar-refractivity contribution in [3.05, 3.63) is 12.2 Å². The second kappa shape index (κ2) is 11.4. The fourth-order valence-corrected chi connectivity index (χ4v) is 7.72. The molecule has 1 aliphatic rings. The number of ether oxygens (including phenoxy) is 1. The summed E-state index contributed by atoms with van der Waals surface area (Å²) in [7, 11) is -6.79. The molecule has 0 radical (unpaired) electrons. The molecule has 0 saturated carbocycles. The number of nitriles is 1. The minimum atomic E-state index is -2.36. The van der Waals surface area contributed by atoms with Gasteiger partial charge in [-0.25, -0.2) is 15.0 Å². The van der Waals surface area contributed by atoms with E-state index in [-0.39, 0.29) is 26.8 Å². The summed E-state index contributed by atoms with van der Waals surface area (Å²) in [6.45, 7) is 33.8. The first-order chi connectivity index (χ1) is 18.8. The van der Waals surface area contributed by atoms with E-state index in [2.05, 4.69) is 123 Å². The molecule has 0 spiro atoms. The van der Waals surface area contributed by atoms with Crippen molar-refractivity contribution < 1.29 is 18.0 Å². The monoisotopic (exact) mass is 634 g/mol. The van der Waals surface area contributed by atoms with Crippen LogP contribution in [0.5, 0.6) is 0 Å². The molecule has 1 saturated heterocycles. The minimum Gasteiger partial charge on any atom is -0.414 e. The standard InChI is InChI=1S/C29H54N6O4Si3/c1-27(2,3)40(10,11)36-17-19-22(38-41(12,13)28(4,5)6)23(39-42(14,15)29(7,8)9)26(37-19)35-20(16-30)34-21-24(31)32-18-33-25(21)35/h18-19,22-23,26H,17H2,1-15H3,(H2,31,32,33)/t19-,22-,23-,26-/m1/s1. The Morgan fingerprint density at radius 1 is 0.857 bits per heavy atom. The number of nitrogens with zero attached hydrogens (tertiary/aromatic N) is 5. The zero-order valence-electron chi connectivity index (χ0n) is 28.5. The lowest BCUT2D eigenvalue weighted by molar-refractivity contribution is -0.0474. The number of nitrogen functional groups attached to an aromatic ring is 1. The number of rotatable bonds is 8. The van der Waals surface area contributed by atoms with Crippen molar-refractivity contribution in [3.63, 3.8) is 0 Å². The van der Waals surface area contributed by atoms with Crippen LogP contribution in [0.3, 0.4) is 0 Å². The van der Waals surface area contributed by atoms with Gasteiger partial charge in [0.25, 0.3) is 0 Å². The maximum absolute atomic E-state index is 10.2. The zero-order chi connectivity index (χ0) is 32.3. The summed E-state index contributed by atoms with van der Waals surface area (Å²) >= 11 is 0. The van der Waals surface area contributed by atoms with E-state index < -0.39 is 49.5 Å². The van der Waals surface area contributed by atoms with Gasteiger partial charge >= 0.3 is 0 Å². The third kappa shape index (κ3) is 6.69. The van der Waals surface area contributed by atoms with Crippen molar-refractivity contribution in [1.82, 2.24) is 19.5 Å². The van der Waals surface area contributed by atoms with E-state index in [1.165, 1.54) is 6.33 Å². The highest BCUT2D eigenvalue weighted by Gasteiger charge is 2.55. The van der Waals surface area contributed by atoms with Crippen molar-refractivity contribution in [2.45, 2.75) is 141 Å². The van der Waals surface area contributed by atoms with Crippen LogP contribution in [0, 0.1) is 11.3 Å². The SMILES string of the molecule is CC(C)(C)[Si](C)(C)OC[C@H]1O[C@@H](n2c(C#N)nc3c(N)ncnc32)[C@H](O[Si](C)(C)C(C)(C)C)[C@@H]1O[Si](C)(C)C(C)(C)C. The number of nitrogens with two attached hydrogens (primary N) is 1. The molecule has 0 unspecified atom stereocenters. The Morgan fingerprint density at radius 3 is 1.83 bits per heavy atom. The Labute approximate surface area is 256 Å². The molecule has 0 aliphatic carbocycles. The van der Waals surface area contributed by atoms with Gasteiger partial charge in [0.1, 0.15) is 30.7 Å². The molecule has 13 heteroatoms. The van der Waals surface area contributed by atoms with Gasteiger partial charge in [0.2, 0.25) is 5.82 Å². The Kier molecular flexibility index (Phi) is 9.41. The normalized spacial score (nSPS) is 23.0. The molecule has 1 aliphatic heterocycles. The predicted molar refractivity (Wildman–Crippen MR) is 176 cm³/mol. The van der Waals surface area contributed by atoms with Gasteiger partial charge in [0, 0.05) is 0 Å². The van der Waals surface area contributed by atoms with E-state index in [0.29, 0.717) is 17.8 Å². The summed E-state index contributed by atoms with van der Waals surface area (Å²) in [6.07, 6.45) is -0.740. The summed E-state index contributed by atoms with van der Waals surface area (Å²) in [4.78, 5) is 13.1. The van der Waals surface area contributed by atoms with E-state index in [1.54, 1.807) is 4.57 Å². The molecule has 2 N–H and O–H groups in total. The number of imidazole rings is 1. The van der Waals surface area contributed by atoms with Crippen LogP contribution in [-0.2, 0) is 18.0 Å².